The normalized spacial score (nSPS) is 14.4. The lowest BCUT2D eigenvalue weighted by Crippen LogP contribution is -2.44. The molecule has 6 nitrogen and oxygen atoms in total. The van der Waals surface area contributed by atoms with E-state index in [1.54, 1.807) is 12.1 Å². The molecule has 0 saturated heterocycles. The summed E-state index contributed by atoms with van der Waals surface area (Å²) >= 11 is 0. The predicted molar refractivity (Wildman–Crippen MR) is 50.4 cm³/mol. The number of rotatable bonds is 4. The molecule has 0 aromatic carbocycles. The highest BCUT2D eigenvalue weighted by molar-refractivity contribution is 5.84. The van der Waals surface area contributed by atoms with Crippen LogP contribution in [0.4, 0.5) is 0 Å². The topological polar surface area (TPSA) is 134 Å². The van der Waals surface area contributed by atoms with Gasteiger partial charge in [-0.25, -0.2) is 0 Å². The number of nitriles is 2. The monoisotopic (exact) mass is 208 g/mol. The molecule has 2 atom stereocenters. The van der Waals surface area contributed by atoms with E-state index in [2.05, 4.69) is 0 Å². The second kappa shape index (κ2) is 4.43. The minimum Gasteiger partial charge on any atom is -0.369 e. The van der Waals surface area contributed by atoms with Gasteiger partial charge in [-0.1, -0.05) is 13.8 Å². The molecule has 0 radical (unpaired) electrons. The number of hydrogen-bond donors (Lipinski definition) is 2. The molecule has 0 unspecified atom stereocenters. The molecule has 0 fully saturated rings. The van der Waals surface area contributed by atoms with E-state index in [-0.39, 0.29) is 0 Å². The van der Waals surface area contributed by atoms with Crippen LogP contribution in [0.25, 0.3) is 0 Å². The van der Waals surface area contributed by atoms with Gasteiger partial charge in [0, 0.05) is 5.41 Å². The summed E-state index contributed by atoms with van der Waals surface area (Å²) in [4.78, 5) is 21.9. The number of primary amides is 2. The van der Waals surface area contributed by atoms with Crippen molar-refractivity contribution in [3.63, 3.8) is 0 Å². The highest BCUT2D eigenvalue weighted by Gasteiger charge is 2.44. The Morgan fingerprint density at radius 2 is 1.33 bits per heavy atom. The number of carbonyl (C=O) groups excluding carboxylic acids is 2. The number of nitrogens with zero attached hydrogens (tertiary/aromatic N) is 2. The van der Waals surface area contributed by atoms with Crippen LogP contribution in [0.15, 0.2) is 0 Å². The van der Waals surface area contributed by atoms with E-state index in [0.717, 1.165) is 0 Å². The summed E-state index contributed by atoms with van der Waals surface area (Å²) in [5, 5.41) is 17.5. The Labute approximate surface area is 87.4 Å². The lowest BCUT2D eigenvalue weighted by Gasteiger charge is -2.30. The standard InChI is InChI=1S/C9H12N4O2/c1-9(2,5(3-10)7(12)14)6(4-11)8(13)15/h5-6H,1-2H3,(H2,12,14)(H2,13,15)/t5-,6+. The van der Waals surface area contributed by atoms with Crippen LogP contribution >= 0.6 is 0 Å². The molecule has 6 heteroatoms. The largest absolute Gasteiger partial charge is 0.369 e. The van der Waals surface area contributed by atoms with Crippen LogP contribution in [0.3, 0.4) is 0 Å². The van der Waals surface area contributed by atoms with E-state index in [1.807, 2.05) is 0 Å². The summed E-state index contributed by atoms with van der Waals surface area (Å²) in [5.41, 5.74) is 8.81. The average molecular weight is 208 g/mol. The first-order valence-corrected chi connectivity index (χ1v) is 4.16. The number of amides is 2. The van der Waals surface area contributed by atoms with Crippen molar-refractivity contribution in [3.8, 4) is 12.1 Å². The Morgan fingerprint density at radius 1 is 1.07 bits per heavy atom. The van der Waals surface area contributed by atoms with Gasteiger partial charge in [0.25, 0.3) is 0 Å². The van der Waals surface area contributed by atoms with Crippen LogP contribution in [0.1, 0.15) is 13.8 Å². The van der Waals surface area contributed by atoms with Crippen molar-refractivity contribution in [2.75, 3.05) is 0 Å². The van der Waals surface area contributed by atoms with Crippen LogP contribution in [-0.2, 0) is 9.59 Å². The van der Waals surface area contributed by atoms with E-state index in [4.69, 9.17) is 22.0 Å². The van der Waals surface area contributed by atoms with Crippen molar-refractivity contribution in [3.05, 3.63) is 0 Å². The van der Waals surface area contributed by atoms with E-state index in [9.17, 15) is 9.59 Å². The molecule has 0 heterocycles. The summed E-state index contributed by atoms with van der Waals surface area (Å²) in [5.74, 6) is -4.20. The van der Waals surface area contributed by atoms with E-state index in [0.29, 0.717) is 0 Å². The van der Waals surface area contributed by atoms with Gasteiger partial charge < -0.3 is 11.5 Å². The van der Waals surface area contributed by atoms with Crippen LogP contribution < -0.4 is 11.5 Å². The Hall–Kier alpha value is -2.08. The Balaban J connectivity index is 5.29. The molecule has 0 aliphatic rings. The Morgan fingerprint density at radius 3 is 1.47 bits per heavy atom. The van der Waals surface area contributed by atoms with Gasteiger partial charge in [0.05, 0.1) is 12.1 Å². The van der Waals surface area contributed by atoms with Crippen LogP contribution in [0.5, 0.6) is 0 Å². The van der Waals surface area contributed by atoms with Gasteiger partial charge >= 0.3 is 0 Å². The Kier molecular flexibility index (Phi) is 3.81. The third kappa shape index (κ3) is 2.44. The summed E-state index contributed by atoms with van der Waals surface area (Å²) in [6.45, 7) is 2.87. The average Bonchev–Trinajstić information content (AvgIpc) is 2.02. The molecule has 0 aliphatic heterocycles. The van der Waals surface area contributed by atoms with E-state index in [1.165, 1.54) is 13.8 Å². The minimum absolute atomic E-state index is 0.871. The molecule has 0 bridgehead atoms. The number of nitrogens with two attached hydrogens (primary N) is 2. The van der Waals surface area contributed by atoms with Crippen molar-refractivity contribution in [2.45, 2.75) is 13.8 Å². The second-order valence-electron chi connectivity index (χ2n) is 3.75. The smallest absolute Gasteiger partial charge is 0.235 e. The first-order valence-electron chi connectivity index (χ1n) is 4.16. The van der Waals surface area contributed by atoms with Crippen molar-refractivity contribution in [1.29, 1.82) is 10.5 Å². The highest BCUT2D eigenvalue weighted by Crippen LogP contribution is 2.34. The van der Waals surface area contributed by atoms with Gasteiger partial charge in [-0.15, -0.1) is 0 Å². The maximum absolute atomic E-state index is 11.0. The zero-order valence-electron chi connectivity index (χ0n) is 8.52. The van der Waals surface area contributed by atoms with Crippen LogP contribution in [0, 0.1) is 39.9 Å². The van der Waals surface area contributed by atoms with E-state index < -0.39 is 29.1 Å². The lowest BCUT2D eigenvalue weighted by atomic mass is 9.69. The zero-order chi connectivity index (χ0) is 12.2. The summed E-state index contributed by atoms with van der Waals surface area (Å²) in [6.07, 6.45) is 0. The molecule has 0 aromatic heterocycles. The predicted octanol–water partition coefficient (Wildman–Crippen LogP) is -0.737. The van der Waals surface area contributed by atoms with Gasteiger partial charge in [-0.2, -0.15) is 10.5 Å². The number of carbonyl (C=O) groups is 2. The summed E-state index contributed by atoms with van der Waals surface area (Å²) < 4.78 is 0. The van der Waals surface area contributed by atoms with Crippen molar-refractivity contribution in [2.24, 2.45) is 28.7 Å². The van der Waals surface area contributed by atoms with Crippen molar-refractivity contribution < 1.29 is 9.59 Å². The molecular formula is C9H12N4O2. The highest BCUT2D eigenvalue weighted by atomic mass is 16.1. The van der Waals surface area contributed by atoms with Crippen molar-refractivity contribution >= 4 is 11.8 Å². The molecule has 80 valence electrons. The fraction of sp³-hybridized carbons (Fsp3) is 0.556. The molecule has 0 aliphatic carbocycles. The second-order valence-corrected chi connectivity index (χ2v) is 3.75. The van der Waals surface area contributed by atoms with Gasteiger partial charge in [-0.05, 0) is 0 Å². The summed E-state index contributed by atoms with van der Waals surface area (Å²) in [7, 11) is 0. The molecule has 0 rings (SSSR count). The van der Waals surface area contributed by atoms with Gasteiger partial charge in [-0.3, -0.25) is 9.59 Å². The molecule has 0 aromatic rings. The first kappa shape index (κ1) is 12.9. The molecule has 4 N–H and O–H groups in total. The zero-order valence-corrected chi connectivity index (χ0v) is 8.52. The lowest BCUT2D eigenvalue weighted by molar-refractivity contribution is -0.128. The molecular weight excluding hydrogens is 196 g/mol. The summed E-state index contributed by atoms with van der Waals surface area (Å²) in [6, 6.07) is 3.36. The Bertz CT molecular complexity index is 327. The van der Waals surface area contributed by atoms with Crippen LogP contribution in [0.2, 0.25) is 0 Å². The van der Waals surface area contributed by atoms with Gasteiger partial charge in [0.1, 0.15) is 11.8 Å². The third-order valence-corrected chi connectivity index (χ3v) is 2.32. The molecule has 0 spiro atoms. The fourth-order valence-corrected chi connectivity index (χ4v) is 1.36. The van der Waals surface area contributed by atoms with Gasteiger partial charge in [0.2, 0.25) is 11.8 Å². The third-order valence-electron chi connectivity index (χ3n) is 2.32. The minimum atomic E-state index is -1.23. The SMILES string of the molecule is CC(C)([C@H](C#N)C(N)=O)[C@@H](C#N)C(N)=O. The maximum atomic E-state index is 11.0. The van der Waals surface area contributed by atoms with Crippen LogP contribution in [-0.4, -0.2) is 11.8 Å². The quantitative estimate of drug-likeness (QED) is 0.629. The van der Waals surface area contributed by atoms with Gasteiger partial charge in [0.15, 0.2) is 0 Å². The maximum Gasteiger partial charge on any atom is 0.235 e. The molecule has 15 heavy (non-hydrogen) atoms. The molecule has 2 amide bonds. The first-order chi connectivity index (χ1) is 6.78. The molecule has 0 saturated carbocycles. The fourth-order valence-electron chi connectivity index (χ4n) is 1.36. The van der Waals surface area contributed by atoms with Crippen molar-refractivity contribution in [1.82, 2.24) is 0 Å². The number of hydrogen-bond acceptors (Lipinski definition) is 4. The van der Waals surface area contributed by atoms with E-state index >= 15 is 0 Å².